The van der Waals surface area contributed by atoms with Crippen molar-refractivity contribution in [3.05, 3.63) is 29.6 Å². The maximum atomic E-state index is 13.8. The van der Waals surface area contributed by atoms with Crippen LogP contribution in [-0.2, 0) is 6.54 Å². The van der Waals surface area contributed by atoms with Gasteiger partial charge in [-0.15, -0.1) is 0 Å². The van der Waals surface area contributed by atoms with Gasteiger partial charge in [0.05, 0.1) is 0 Å². The van der Waals surface area contributed by atoms with E-state index in [9.17, 15) is 4.39 Å². The number of rotatable bonds is 2. The van der Waals surface area contributed by atoms with Gasteiger partial charge in [0.2, 0.25) is 0 Å². The van der Waals surface area contributed by atoms with E-state index in [4.69, 9.17) is 5.73 Å². The normalized spacial score (nSPS) is 24.3. The van der Waals surface area contributed by atoms with Crippen molar-refractivity contribution >= 4 is 5.69 Å². The number of nitrogens with zero attached hydrogens (tertiary/aromatic N) is 2. The number of piperazine rings is 1. The first-order valence-corrected chi connectivity index (χ1v) is 6.75. The molecule has 2 heterocycles. The summed E-state index contributed by atoms with van der Waals surface area (Å²) in [6.07, 6.45) is 2.58. The molecular weight excluding hydrogens is 229 g/mol. The second kappa shape index (κ2) is 4.86. The van der Waals surface area contributed by atoms with Gasteiger partial charge < -0.3 is 10.6 Å². The molecule has 1 aromatic rings. The Balaban J connectivity index is 1.76. The van der Waals surface area contributed by atoms with Gasteiger partial charge in [-0.25, -0.2) is 4.39 Å². The standard InChI is InChI=1S/C14H20FN3/c15-14-8-12(4-3-11(14)9-16)18-7-6-17-5-1-2-13(17)10-18/h3-4,8,13H,1-2,5-7,9-10,16H2. The zero-order valence-corrected chi connectivity index (χ0v) is 10.6. The highest BCUT2D eigenvalue weighted by Gasteiger charge is 2.30. The molecule has 2 aliphatic heterocycles. The number of benzene rings is 1. The minimum absolute atomic E-state index is 0.177. The van der Waals surface area contributed by atoms with Gasteiger partial charge in [0.25, 0.3) is 0 Å². The number of fused-ring (bicyclic) bond motifs is 1. The van der Waals surface area contributed by atoms with Crippen molar-refractivity contribution < 1.29 is 4.39 Å². The number of hydrogen-bond donors (Lipinski definition) is 1. The molecule has 98 valence electrons. The third-order valence-corrected chi connectivity index (χ3v) is 4.21. The van der Waals surface area contributed by atoms with E-state index in [-0.39, 0.29) is 12.4 Å². The highest BCUT2D eigenvalue weighted by molar-refractivity contribution is 5.49. The Labute approximate surface area is 107 Å². The van der Waals surface area contributed by atoms with Crippen LogP contribution in [0.4, 0.5) is 10.1 Å². The van der Waals surface area contributed by atoms with E-state index in [0.29, 0.717) is 11.6 Å². The van der Waals surface area contributed by atoms with Crippen LogP contribution in [0.25, 0.3) is 0 Å². The molecule has 4 heteroatoms. The molecule has 18 heavy (non-hydrogen) atoms. The van der Waals surface area contributed by atoms with Crippen LogP contribution in [0.1, 0.15) is 18.4 Å². The number of anilines is 1. The summed E-state index contributed by atoms with van der Waals surface area (Å²) in [5, 5.41) is 0. The smallest absolute Gasteiger partial charge is 0.129 e. The molecule has 0 bridgehead atoms. The van der Waals surface area contributed by atoms with Crippen LogP contribution in [0.2, 0.25) is 0 Å². The van der Waals surface area contributed by atoms with E-state index in [1.165, 1.54) is 19.4 Å². The van der Waals surface area contributed by atoms with Gasteiger partial charge in [-0.05, 0) is 31.5 Å². The molecule has 0 amide bonds. The molecule has 2 saturated heterocycles. The summed E-state index contributed by atoms with van der Waals surface area (Å²) in [4.78, 5) is 4.86. The Hall–Kier alpha value is -1.13. The summed E-state index contributed by atoms with van der Waals surface area (Å²) in [7, 11) is 0. The molecular formula is C14H20FN3. The average molecular weight is 249 g/mol. The van der Waals surface area contributed by atoms with E-state index >= 15 is 0 Å². The Bertz CT molecular complexity index is 435. The van der Waals surface area contributed by atoms with Crippen LogP contribution >= 0.6 is 0 Å². The van der Waals surface area contributed by atoms with Crippen LogP contribution in [0.5, 0.6) is 0 Å². The van der Waals surface area contributed by atoms with Gasteiger partial charge in [-0.2, -0.15) is 0 Å². The minimum atomic E-state index is -0.177. The highest BCUT2D eigenvalue weighted by atomic mass is 19.1. The fourth-order valence-electron chi connectivity index (χ4n) is 3.12. The quantitative estimate of drug-likeness (QED) is 0.863. The molecule has 2 N–H and O–H groups in total. The van der Waals surface area contributed by atoms with Crippen molar-refractivity contribution in [3.63, 3.8) is 0 Å². The third-order valence-electron chi connectivity index (χ3n) is 4.21. The van der Waals surface area contributed by atoms with Gasteiger partial charge in [0.1, 0.15) is 5.82 Å². The summed E-state index contributed by atoms with van der Waals surface area (Å²) < 4.78 is 13.8. The summed E-state index contributed by atoms with van der Waals surface area (Å²) in [5.41, 5.74) is 7.08. The van der Waals surface area contributed by atoms with E-state index < -0.39 is 0 Å². The third kappa shape index (κ3) is 2.10. The molecule has 0 radical (unpaired) electrons. The van der Waals surface area contributed by atoms with Crippen LogP contribution < -0.4 is 10.6 Å². The number of hydrogen-bond acceptors (Lipinski definition) is 3. The van der Waals surface area contributed by atoms with E-state index in [1.807, 2.05) is 12.1 Å². The van der Waals surface area contributed by atoms with Crippen molar-refractivity contribution in [2.45, 2.75) is 25.4 Å². The molecule has 0 aromatic heterocycles. The Morgan fingerprint density at radius 1 is 1.28 bits per heavy atom. The van der Waals surface area contributed by atoms with E-state index in [2.05, 4.69) is 9.80 Å². The fourth-order valence-corrected chi connectivity index (χ4v) is 3.12. The van der Waals surface area contributed by atoms with Crippen molar-refractivity contribution in [1.82, 2.24) is 4.90 Å². The van der Waals surface area contributed by atoms with Crippen molar-refractivity contribution in [2.24, 2.45) is 5.73 Å². The first-order chi connectivity index (χ1) is 8.78. The second-order valence-electron chi connectivity index (χ2n) is 5.26. The predicted octanol–water partition coefficient (Wildman–Crippen LogP) is 1.57. The lowest BCUT2D eigenvalue weighted by atomic mass is 10.1. The van der Waals surface area contributed by atoms with Gasteiger partial charge in [0, 0.05) is 43.5 Å². The van der Waals surface area contributed by atoms with Gasteiger partial charge in [0.15, 0.2) is 0 Å². The van der Waals surface area contributed by atoms with Crippen LogP contribution in [0.15, 0.2) is 18.2 Å². The van der Waals surface area contributed by atoms with Gasteiger partial charge in [-0.3, -0.25) is 4.90 Å². The number of nitrogens with two attached hydrogens (primary N) is 1. The summed E-state index contributed by atoms with van der Waals surface area (Å²) in [6.45, 7) is 4.63. The molecule has 0 saturated carbocycles. The van der Waals surface area contributed by atoms with E-state index in [1.54, 1.807) is 6.07 Å². The summed E-state index contributed by atoms with van der Waals surface area (Å²) >= 11 is 0. The van der Waals surface area contributed by atoms with Crippen molar-refractivity contribution in [1.29, 1.82) is 0 Å². The molecule has 1 unspecified atom stereocenters. The topological polar surface area (TPSA) is 32.5 Å². The monoisotopic (exact) mass is 249 g/mol. The molecule has 0 aliphatic carbocycles. The Kier molecular flexibility index (Phi) is 3.22. The first kappa shape index (κ1) is 11.9. The zero-order valence-electron chi connectivity index (χ0n) is 10.6. The van der Waals surface area contributed by atoms with Crippen LogP contribution in [-0.4, -0.2) is 37.1 Å². The fraction of sp³-hybridized carbons (Fsp3) is 0.571. The molecule has 2 aliphatic rings. The zero-order chi connectivity index (χ0) is 12.5. The SMILES string of the molecule is NCc1ccc(N2CCN3CCCC3C2)cc1F. The van der Waals surface area contributed by atoms with Crippen LogP contribution in [0, 0.1) is 5.82 Å². The predicted molar refractivity (Wildman–Crippen MR) is 71.1 cm³/mol. The first-order valence-electron chi connectivity index (χ1n) is 6.75. The Morgan fingerprint density at radius 2 is 2.17 bits per heavy atom. The van der Waals surface area contributed by atoms with Crippen molar-refractivity contribution in [3.8, 4) is 0 Å². The van der Waals surface area contributed by atoms with Gasteiger partial charge >= 0.3 is 0 Å². The van der Waals surface area contributed by atoms with Crippen LogP contribution in [0.3, 0.4) is 0 Å². The molecule has 3 nitrogen and oxygen atoms in total. The molecule has 0 spiro atoms. The number of halogens is 1. The molecule has 1 aromatic carbocycles. The Morgan fingerprint density at radius 3 is 2.94 bits per heavy atom. The van der Waals surface area contributed by atoms with Crippen molar-refractivity contribution in [2.75, 3.05) is 31.1 Å². The summed E-state index contributed by atoms with van der Waals surface area (Å²) in [5.74, 6) is -0.177. The summed E-state index contributed by atoms with van der Waals surface area (Å²) in [6, 6.07) is 6.10. The minimum Gasteiger partial charge on any atom is -0.369 e. The lowest BCUT2D eigenvalue weighted by Gasteiger charge is -2.38. The molecule has 1 atom stereocenters. The lowest BCUT2D eigenvalue weighted by Crippen LogP contribution is -2.50. The lowest BCUT2D eigenvalue weighted by molar-refractivity contribution is 0.231. The molecule has 3 rings (SSSR count). The largest absolute Gasteiger partial charge is 0.369 e. The maximum Gasteiger partial charge on any atom is 0.129 e. The molecule has 2 fully saturated rings. The highest BCUT2D eigenvalue weighted by Crippen LogP contribution is 2.26. The maximum absolute atomic E-state index is 13.8. The van der Waals surface area contributed by atoms with Gasteiger partial charge in [-0.1, -0.05) is 6.07 Å². The van der Waals surface area contributed by atoms with E-state index in [0.717, 1.165) is 25.3 Å². The average Bonchev–Trinajstić information content (AvgIpc) is 2.85. The second-order valence-corrected chi connectivity index (χ2v) is 5.26.